The van der Waals surface area contributed by atoms with Gasteiger partial charge in [-0.2, -0.15) is 0 Å². The first-order valence-corrected chi connectivity index (χ1v) is 17.8. The Kier molecular flexibility index (Phi) is 5.72. The van der Waals surface area contributed by atoms with Crippen LogP contribution in [-0.4, -0.2) is 4.57 Å². The molecule has 0 amide bonds. The third-order valence-corrected chi connectivity index (χ3v) is 12.1. The van der Waals surface area contributed by atoms with Crippen molar-refractivity contribution >= 4 is 39.3 Å². The molecule has 2 N–H and O–H groups in total. The van der Waals surface area contributed by atoms with Crippen LogP contribution in [0.2, 0.25) is 0 Å². The zero-order chi connectivity index (χ0) is 32.1. The Morgan fingerprint density at radius 1 is 0.510 bits per heavy atom. The van der Waals surface area contributed by atoms with Gasteiger partial charge in [0.05, 0.1) is 22.5 Å². The summed E-state index contributed by atoms with van der Waals surface area (Å²) in [6.45, 7) is 0. The van der Waals surface area contributed by atoms with Gasteiger partial charge >= 0.3 is 0 Å². The second-order valence-corrected chi connectivity index (χ2v) is 14.4. The van der Waals surface area contributed by atoms with Gasteiger partial charge in [-0.05, 0) is 80.9 Å². The molecule has 0 bridgehead atoms. The summed E-state index contributed by atoms with van der Waals surface area (Å²) in [6.07, 6.45) is -0.179. The lowest BCUT2D eigenvalue weighted by Crippen LogP contribution is -2.40. The summed E-state index contributed by atoms with van der Waals surface area (Å²) in [5.41, 5.74) is 13.7. The quantitative estimate of drug-likeness (QED) is 0.196. The summed E-state index contributed by atoms with van der Waals surface area (Å²) in [5.74, 6) is 0. The number of fused-ring (bicyclic) bond motifs is 13. The largest absolute Gasteiger partial charge is 0.352 e. The van der Waals surface area contributed by atoms with E-state index in [-0.39, 0.29) is 12.3 Å². The Morgan fingerprint density at radius 2 is 1.16 bits per heavy atom. The van der Waals surface area contributed by atoms with Gasteiger partial charge in [-0.15, -0.1) is 0 Å². The zero-order valence-electron chi connectivity index (χ0n) is 26.6. The molecule has 2 aliphatic heterocycles. The molecule has 11 rings (SSSR count). The molecule has 232 valence electrons. The van der Waals surface area contributed by atoms with E-state index in [2.05, 4.69) is 179 Å². The maximum Gasteiger partial charge on any atom is 0.160 e. The molecule has 0 saturated carbocycles. The maximum absolute atomic E-state index is 4.05. The number of nitrogens with zero attached hydrogens (tertiary/aromatic N) is 1. The molecule has 1 spiro atoms. The monoisotopic (exact) mass is 645 g/mol. The van der Waals surface area contributed by atoms with Crippen LogP contribution in [0.4, 0.5) is 5.69 Å². The summed E-state index contributed by atoms with van der Waals surface area (Å²) in [4.78, 5) is 2.64. The average molecular weight is 646 g/mol. The summed E-state index contributed by atoms with van der Waals surface area (Å²) < 4.78 is 2.50. The van der Waals surface area contributed by atoms with E-state index in [1.165, 1.54) is 76.1 Å². The Balaban J connectivity index is 1.22. The number of aromatic nitrogens is 1. The van der Waals surface area contributed by atoms with Crippen LogP contribution < -0.4 is 10.6 Å². The first kappa shape index (κ1) is 27.4. The Labute approximate surface area is 289 Å². The van der Waals surface area contributed by atoms with E-state index in [1.807, 2.05) is 11.8 Å². The summed E-state index contributed by atoms with van der Waals surface area (Å²) in [5, 5.41) is 10.5. The number of nitrogens with one attached hydrogen (secondary N) is 2. The van der Waals surface area contributed by atoms with Crippen molar-refractivity contribution in [2.45, 2.75) is 27.5 Å². The third-order valence-electron chi connectivity index (χ3n) is 11.0. The molecule has 3 nitrogen and oxygen atoms in total. The Hall–Kier alpha value is -5.55. The van der Waals surface area contributed by atoms with Crippen molar-refractivity contribution in [2.24, 2.45) is 0 Å². The fourth-order valence-corrected chi connectivity index (χ4v) is 10.2. The first-order valence-electron chi connectivity index (χ1n) is 17.0. The predicted molar refractivity (Wildman–Crippen MR) is 201 cm³/mol. The molecule has 0 fully saturated rings. The van der Waals surface area contributed by atoms with Gasteiger partial charge in [-0.3, -0.25) is 5.32 Å². The first-order chi connectivity index (χ1) is 24.3. The minimum absolute atomic E-state index is 0.0407. The summed E-state index contributed by atoms with van der Waals surface area (Å²) >= 11 is 1.89. The molecule has 0 radical (unpaired) electrons. The molecule has 2 atom stereocenters. The van der Waals surface area contributed by atoms with Crippen molar-refractivity contribution < 1.29 is 0 Å². The SMILES string of the molecule is c1ccc(C2NC(n3c4ccccc4c4cc5c(cc43)C3(c4ccccc4Sc4ccccc43)c3ccccc3-5)Nc3ccccc32)cc1. The number of rotatable bonds is 2. The van der Waals surface area contributed by atoms with Crippen LogP contribution >= 0.6 is 11.8 Å². The van der Waals surface area contributed by atoms with Gasteiger partial charge in [0.2, 0.25) is 0 Å². The van der Waals surface area contributed by atoms with Crippen molar-refractivity contribution in [3.05, 3.63) is 197 Å². The summed E-state index contributed by atoms with van der Waals surface area (Å²) in [7, 11) is 0. The van der Waals surface area contributed by atoms with E-state index in [9.17, 15) is 0 Å². The second-order valence-electron chi connectivity index (χ2n) is 13.3. The number of hydrogen-bond donors (Lipinski definition) is 2. The molecule has 8 aromatic rings. The van der Waals surface area contributed by atoms with Crippen LogP contribution in [0.5, 0.6) is 0 Å². The molecule has 7 aromatic carbocycles. The second kappa shape index (κ2) is 10.2. The molecule has 0 saturated heterocycles. The van der Waals surface area contributed by atoms with Crippen molar-refractivity contribution in [1.82, 2.24) is 9.88 Å². The van der Waals surface area contributed by atoms with Gasteiger partial charge in [0, 0.05) is 26.3 Å². The summed E-state index contributed by atoms with van der Waals surface area (Å²) in [6, 6.07) is 60.7. The van der Waals surface area contributed by atoms with E-state index >= 15 is 0 Å². The lowest BCUT2D eigenvalue weighted by Gasteiger charge is -2.40. The smallest absolute Gasteiger partial charge is 0.160 e. The maximum atomic E-state index is 4.05. The number of hydrogen-bond acceptors (Lipinski definition) is 3. The van der Waals surface area contributed by atoms with Crippen LogP contribution in [0.25, 0.3) is 32.9 Å². The highest BCUT2D eigenvalue weighted by molar-refractivity contribution is 7.99. The van der Waals surface area contributed by atoms with Gasteiger partial charge in [0.1, 0.15) is 0 Å². The van der Waals surface area contributed by atoms with Crippen LogP contribution in [0, 0.1) is 0 Å². The molecule has 1 aromatic heterocycles. The van der Waals surface area contributed by atoms with Gasteiger partial charge in [0.15, 0.2) is 6.29 Å². The fraction of sp³-hybridized carbons (Fsp3) is 0.0667. The minimum Gasteiger partial charge on any atom is -0.352 e. The highest BCUT2D eigenvalue weighted by Crippen LogP contribution is 2.62. The van der Waals surface area contributed by atoms with E-state index < -0.39 is 5.41 Å². The fourth-order valence-electron chi connectivity index (χ4n) is 9.00. The predicted octanol–water partition coefficient (Wildman–Crippen LogP) is 10.9. The highest BCUT2D eigenvalue weighted by Gasteiger charge is 2.50. The molecule has 2 unspecified atom stereocenters. The number of benzene rings is 7. The van der Waals surface area contributed by atoms with Gasteiger partial charge < -0.3 is 9.88 Å². The topological polar surface area (TPSA) is 29.0 Å². The standard InChI is InChI=1S/C45H31N3S/c1-2-14-28(15-3-1)43-31-18-5-10-22-38(31)46-44(47-43)48-39-23-11-6-17-30(39)33-26-32-29-16-4-7-19-34(29)45(37(32)27-40(33)48)35-20-8-12-24-41(35)49-42-25-13-9-21-36(42)45/h1-27,43-44,46-47H. The number of anilines is 1. The van der Waals surface area contributed by atoms with Gasteiger partial charge in [-0.1, -0.05) is 139 Å². The third kappa shape index (κ3) is 3.68. The van der Waals surface area contributed by atoms with Crippen molar-refractivity contribution in [1.29, 1.82) is 0 Å². The molecular weight excluding hydrogens is 615 g/mol. The van der Waals surface area contributed by atoms with Crippen LogP contribution in [0.3, 0.4) is 0 Å². The molecule has 4 heteroatoms. The van der Waals surface area contributed by atoms with Gasteiger partial charge in [0.25, 0.3) is 0 Å². The van der Waals surface area contributed by atoms with E-state index in [0.29, 0.717) is 0 Å². The van der Waals surface area contributed by atoms with Crippen LogP contribution in [-0.2, 0) is 5.41 Å². The molecular formula is C45H31N3S. The van der Waals surface area contributed by atoms with E-state index in [1.54, 1.807) is 0 Å². The Bertz CT molecular complexity index is 2570. The lowest BCUT2D eigenvalue weighted by atomic mass is 9.67. The normalized spacial score (nSPS) is 18.0. The van der Waals surface area contributed by atoms with E-state index in [4.69, 9.17) is 0 Å². The van der Waals surface area contributed by atoms with Crippen LogP contribution in [0.15, 0.2) is 174 Å². The molecule has 3 heterocycles. The minimum atomic E-state index is -0.424. The molecule has 49 heavy (non-hydrogen) atoms. The van der Waals surface area contributed by atoms with Crippen molar-refractivity contribution in [3.63, 3.8) is 0 Å². The average Bonchev–Trinajstić information content (AvgIpc) is 3.64. The number of para-hydroxylation sites is 2. The Morgan fingerprint density at radius 3 is 1.98 bits per heavy atom. The zero-order valence-corrected chi connectivity index (χ0v) is 27.4. The molecule has 3 aliphatic rings. The van der Waals surface area contributed by atoms with E-state index in [0.717, 1.165) is 5.69 Å². The molecule has 1 aliphatic carbocycles. The highest BCUT2D eigenvalue weighted by atomic mass is 32.2. The van der Waals surface area contributed by atoms with Crippen molar-refractivity contribution in [2.75, 3.05) is 5.32 Å². The lowest BCUT2D eigenvalue weighted by molar-refractivity contribution is 0.417. The van der Waals surface area contributed by atoms with Gasteiger partial charge in [-0.25, -0.2) is 0 Å². The van der Waals surface area contributed by atoms with Crippen LogP contribution in [0.1, 0.15) is 45.7 Å². The van der Waals surface area contributed by atoms with Crippen molar-refractivity contribution in [3.8, 4) is 11.1 Å².